The summed E-state index contributed by atoms with van der Waals surface area (Å²) >= 11 is 0. The highest BCUT2D eigenvalue weighted by Crippen LogP contribution is 2.27. The van der Waals surface area contributed by atoms with E-state index in [0.29, 0.717) is 6.54 Å². The average molecular weight is 293 g/mol. The Hall–Kier alpha value is -1.17. The third kappa shape index (κ3) is 3.05. The van der Waals surface area contributed by atoms with Crippen LogP contribution in [0.25, 0.3) is 0 Å². The summed E-state index contributed by atoms with van der Waals surface area (Å²) in [5, 5.41) is 0. The second kappa shape index (κ2) is 6.30. The lowest BCUT2D eigenvalue weighted by atomic mass is 9.89. The summed E-state index contributed by atoms with van der Waals surface area (Å²) in [6.07, 6.45) is 2.22. The van der Waals surface area contributed by atoms with E-state index in [-0.39, 0.29) is 11.4 Å². The van der Waals surface area contributed by atoms with Crippen LogP contribution in [-0.4, -0.2) is 56.4 Å². The minimum absolute atomic E-state index is 0.0210. The van der Waals surface area contributed by atoms with E-state index in [2.05, 4.69) is 9.80 Å². The third-order valence-corrected chi connectivity index (χ3v) is 4.82. The molecule has 1 atom stereocenters. The van der Waals surface area contributed by atoms with Crippen molar-refractivity contribution in [2.45, 2.75) is 18.4 Å². The molecular formula is C16H24FN3O. The standard InChI is InChI=1S/C16H24FN3O/c17-14-2-4-15(5-3-14)19-7-9-20(10-8-19)16(12-18)6-1-11-21-13-16/h2-5H,1,6-13,18H2. The van der Waals surface area contributed by atoms with Gasteiger partial charge < -0.3 is 15.4 Å². The second-order valence-electron chi connectivity index (χ2n) is 6.04. The lowest BCUT2D eigenvalue weighted by Crippen LogP contribution is -2.63. The molecule has 3 rings (SSSR count). The number of nitrogens with zero attached hydrogens (tertiary/aromatic N) is 2. The molecule has 0 bridgehead atoms. The molecule has 2 aliphatic heterocycles. The highest BCUT2D eigenvalue weighted by Gasteiger charge is 2.38. The van der Waals surface area contributed by atoms with E-state index >= 15 is 0 Å². The zero-order chi connectivity index (χ0) is 14.7. The number of benzene rings is 1. The minimum atomic E-state index is -0.182. The monoisotopic (exact) mass is 293 g/mol. The van der Waals surface area contributed by atoms with Crippen LogP contribution in [0.2, 0.25) is 0 Å². The number of nitrogens with two attached hydrogens (primary N) is 1. The third-order valence-electron chi connectivity index (χ3n) is 4.82. The second-order valence-corrected chi connectivity index (χ2v) is 6.04. The first-order chi connectivity index (χ1) is 10.2. The summed E-state index contributed by atoms with van der Waals surface area (Å²) in [6, 6.07) is 6.76. The van der Waals surface area contributed by atoms with Crippen molar-refractivity contribution in [2.75, 3.05) is 50.8 Å². The summed E-state index contributed by atoms with van der Waals surface area (Å²) in [7, 11) is 0. The van der Waals surface area contributed by atoms with Crippen molar-refractivity contribution >= 4 is 5.69 Å². The van der Waals surface area contributed by atoms with Crippen molar-refractivity contribution in [3.63, 3.8) is 0 Å². The molecule has 0 amide bonds. The van der Waals surface area contributed by atoms with Crippen LogP contribution in [0.15, 0.2) is 24.3 Å². The molecule has 0 aliphatic carbocycles. The van der Waals surface area contributed by atoms with Crippen molar-refractivity contribution in [2.24, 2.45) is 5.73 Å². The van der Waals surface area contributed by atoms with Crippen LogP contribution in [-0.2, 0) is 4.74 Å². The molecule has 21 heavy (non-hydrogen) atoms. The fraction of sp³-hybridized carbons (Fsp3) is 0.625. The number of hydrogen-bond acceptors (Lipinski definition) is 4. The number of ether oxygens (including phenoxy) is 1. The van der Waals surface area contributed by atoms with Gasteiger partial charge in [-0.05, 0) is 37.1 Å². The molecule has 1 aromatic rings. The van der Waals surface area contributed by atoms with Crippen molar-refractivity contribution < 1.29 is 9.13 Å². The van der Waals surface area contributed by atoms with Crippen LogP contribution in [0.5, 0.6) is 0 Å². The summed E-state index contributed by atoms with van der Waals surface area (Å²) in [4.78, 5) is 4.80. The minimum Gasteiger partial charge on any atom is -0.379 e. The number of piperazine rings is 1. The zero-order valence-corrected chi connectivity index (χ0v) is 12.4. The first kappa shape index (κ1) is 14.8. The lowest BCUT2D eigenvalue weighted by molar-refractivity contribution is -0.0468. The number of hydrogen-bond donors (Lipinski definition) is 1. The molecule has 1 unspecified atom stereocenters. The van der Waals surface area contributed by atoms with Gasteiger partial charge in [-0.15, -0.1) is 0 Å². The fourth-order valence-electron chi connectivity index (χ4n) is 3.47. The van der Waals surface area contributed by atoms with Crippen LogP contribution in [0.3, 0.4) is 0 Å². The van der Waals surface area contributed by atoms with Gasteiger partial charge in [0.15, 0.2) is 0 Å². The summed E-state index contributed by atoms with van der Waals surface area (Å²) in [5.74, 6) is -0.182. The molecule has 0 aromatic heterocycles. The summed E-state index contributed by atoms with van der Waals surface area (Å²) in [6.45, 7) is 6.14. The molecule has 2 saturated heterocycles. The smallest absolute Gasteiger partial charge is 0.123 e. The maximum atomic E-state index is 13.0. The quantitative estimate of drug-likeness (QED) is 0.916. The maximum absolute atomic E-state index is 13.0. The molecule has 2 heterocycles. The number of halogens is 1. The lowest BCUT2D eigenvalue weighted by Gasteiger charge is -2.49. The van der Waals surface area contributed by atoms with E-state index in [4.69, 9.17) is 10.5 Å². The molecule has 4 nitrogen and oxygen atoms in total. The van der Waals surface area contributed by atoms with Gasteiger partial charge in [-0.2, -0.15) is 0 Å². The molecule has 0 radical (unpaired) electrons. The molecule has 1 aromatic carbocycles. The van der Waals surface area contributed by atoms with Gasteiger partial charge in [0.2, 0.25) is 0 Å². The van der Waals surface area contributed by atoms with Gasteiger partial charge in [-0.25, -0.2) is 4.39 Å². The molecule has 0 saturated carbocycles. The Labute approximate surface area is 125 Å². The molecule has 2 fully saturated rings. The van der Waals surface area contributed by atoms with Crippen molar-refractivity contribution in [1.29, 1.82) is 0 Å². The van der Waals surface area contributed by atoms with E-state index in [0.717, 1.165) is 57.9 Å². The zero-order valence-electron chi connectivity index (χ0n) is 12.4. The Bertz CT molecular complexity index is 451. The van der Waals surface area contributed by atoms with E-state index in [1.165, 1.54) is 12.1 Å². The first-order valence-corrected chi connectivity index (χ1v) is 7.77. The molecule has 2 N–H and O–H groups in total. The van der Waals surface area contributed by atoms with Crippen molar-refractivity contribution in [3.05, 3.63) is 30.1 Å². The van der Waals surface area contributed by atoms with Crippen LogP contribution in [0, 0.1) is 5.82 Å². The molecule has 0 spiro atoms. The molecule has 5 heteroatoms. The normalized spacial score (nSPS) is 27.8. The van der Waals surface area contributed by atoms with Crippen LogP contribution in [0.1, 0.15) is 12.8 Å². The predicted molar refractivity (Wildman–Crippen MR) is 82.0 cm³/mol. The highest BCUT2D eigenvalue weighted by atomic mass is 19.1. The largest absolute Gasteiger partial charge is 0.379 e. The van der Waals surface area contributed by atoms with E-state index in [9.17, 15) is 4.39 Å². The Morgan fingerprint density at radius 2 is 1.86 bits per heavy atom. The van der Waals surface area contributed by atoms with Crippen molar-refractivity contribution in [1.82, 2.24) is 4.90 Å². The Morgan fingerprint density at radius 3 is 2.43 bits per heavy atom. The Kier molecular flexibility index (Phi) is 4.42. The SMILES string of the molecule is NCC1(N2CCN(c3ccc(F)cc3)CC2)CCCOC1. The Morgan fingerprint density at radius 1 is 1.14 bits per heavy atom. The predicted octanol–water partition coefficient (Wildman–Crippen LogP) is 1.46. The maximum Gasteiger partial charge on any atom is 0.123 e. The molecule has 116 valence electrons. The summed E-state index contributed by atoms with van der Waals surface area (Å²) in [5.41, 5.74) is 7.17. The van der Waals surface area contributed by atoms with Gasteiger partial charge in [0.1, 0.15) is 5.82 Å². The topological polar surface area (TPSA) is 41.7 Å². The van der Waals surface area contributed by atoms with Crippen LogP contribution in [0.4, 0.5) is 10.1 Å². The van der Waals surface area contributed by atoms with Crippen LogP contribution >= 0.6 is 0 Å². The molecule has 2 aliphatic rings. The number of rotatable bonds is 3. The van der Waals surface area contributed by atoms with Gasteiger partial charge in [0, 0.05) is 45.0 Å². The van der Waals surface area contributed by atoms with E-state index in [1.807, 2.05) is 12.1 Å². The van der Waals surface area contributed by atoms with Crippen molar-refractivity contribution in [3.8, 4) is 0 Å². The molecular weight excluding hydrogens is 269 g/mol. The first-order valence-electron chi connectivity index (χ1n) is 7.77. The van der Waals surface area contributed by atoms with Gasteiger partial charge in [-0.1, -0.05) is 0 Å². The Balaban J connectivity index is 1.63. The average Bonchev–Trinajstić information content (AvgIpc) is 2.56. The van der Waals surface area contributed by atoms with Gasteiger partial charge >= 0.3 is 0 Å². The van der Waals surface area contributed by atoms with Gasteiger partial charge in [-0.3, -0.25) is 4.90 Å². The van der Waals surface area contributed by atoms with E-state index in [1.54, 1.807) is 0 Å². The summed E-state index contributed by atoms with van der Waals surface area (Å²) < 4.78 is 18.7. The van der Waals surface area contributed by atoms with E-state index < -0.39 is 0 Å². The van der Waals surface area contributed by atoms with Crippen LogP contribution < -0.4 is 10.6 Å². The highest BCUT2D eigenvalue weighted by molar-refractivity contribution is 5.46. The van der Waals surface area contributed by atoms with Gasteiger partial charge in [0.25, 0.3) is 0 Å². The van der Waals surface area contributed by atoms with Gasteiger partial charge in [0.05, 0.1) is 12.1 Å². The fourth-order valence-corrected chi connectivity index (χ4v) is 3.47. The number of anilines is 1.